The summed E-state index contributed by atoms with van der Waals surface area (Å²) in [5.74, 6) is -0.731. The maximum Gasteiger partial charge on any atom is 0.429 e. The molecule has 4 heteroatoms. The van der Waals surface area contributed by atoms with E-state index >= 15 is 0 Å². The summed E-state index contributed by atoms with van der Waals surface area (Å²) in [5, 5.41) is 6.47. The Morgan fingerprint density at radius 3 is 1.67 bits per heavy atom. The molecule has 0 rings (SSSR count). The lowest BCUT2D eigenvalue weighted by molar-refractivity contribution is -0.0630. The number of rotatable bonds is 1. The van der Waals surface area contributed by atoms with Gasteiger partial charge in [0.1, 0.15) is 5.71 Å². The van der Waals surface area contributed by atoms with Gasteiger partial charge in [-0.2, -0.15) is 13.2 Å². The van der Waals surface area contributed by atoms with Gasteiger partial charge in [0, 0.05) is 5.92 Å². The largest absolute Gasteiger partial charge is 0.429 e. The van der Waals surface area contributed by atoms with Crippen molar-refractivity contribution in [1.82, 2.24) is 0 Å². The fraction of sp³-hybridized carbons (Fsp3) is 0.800. The zero-order valence-corrected chi connectivity index (χ0v) is 5.21. The number of hydrogen-bond acceptors (Lipinski definition) is 1. The molecule has 0 unspecified atom stereocenters. The van der Waals surface area contributed by atoms with Gasteiger partial charge in [0.25, 0.3) is 0 Å². The van der Waals surface area contributed by atoms with Crippen molar-refractivity contribution in [2.24, 2.45) is 5.92 Å². The summed E-state index contributed by atoms with van der Waals surface area (Å²) in [6.07, 6.45) is -4.44. The summed E-state index contributed by atoms with van der Waals surface area (Å²) in [5.41, 5.74) is -1.16. The summed E-state index contributed by atoms with van der Waals surface area (Å²) in [4.78, 5) is 0. The molecule has 0 aliphatic rings. The van der Waals surface area contributed by atoms with Gasteiger partial charge in [-0.25, -0.2) is 0 Å². The van der Waals surface area contributed by atoms with Crippen LogP contribution >= 0.6 is 0 Å². The first-order valence-electron chi connectivity index (χ1n) is 2.51. The highest BCUT2D eigenvalue weighted by Gasteiger charge is 2.35. The van der Waals surface area contributed by atoms with Crippen molar-refractivity contribution in [1.29, 1.82) is 5.41 Å². The van der Waals surface area contributed by atoms with E-state index in [1.54, 1.807) is 0 Å². The van der Waals surface area contributed by atoms with Crippen LogP contribution < -0.4 is 0 Å². The molecule has 0 aromatic carbocycles. The Balaban J connectivity index is 4.06. The Morgan fingerprint density at radius 1 is 1.33 bits per heavy atom. The third-order valence-corrected chi connectivity index (χ3v) is 0.883. The highest BCUT2D eigenvalue weighted by Crippen LogP contribution is 2.20. The van der Waals surface area contributed by atoms with E-state index in [0.29, 0.717) is 0 Å². The molecule has 0 aromatic heterocycles. The van der Waals surface area contributed by atoms with Gasteiger partial charge in [-0.05, 0) is 0 Å². The number of alkyl halides is 3. The van der Waals surface area contributed by atoms with Crippen LogP contribution in [0.25, 0.3) is 0 Å². The molecule has 54 valence electrons. The van der Waals surface area contributed by atoms with Crippen LogP contribution in [0, 0.1) is 11.3 Å². The van der Waals surface area contributed by atoms with E-state index in [0.717, 1.165) is 0 Å². The molecule has 0 atom stereocenters. The van der Waals surface area contributed by atoms with Gasteiger partial charge in [0.2, 0.25) is 0 Å². The summed E-state index contributed by atoms with van der Waals surface area (Å²) < 4.78 is 34.4. The average Bonchev–Trinajstić information content (AvgIpc) is 1.62. The predicted octanol–water partition coefficient (Wildman–Crippen LogP) is 2.22. The maximum absolute atomic E-state index is 11.5. The van der Waals surface area contributed by atoms with Crippen LogP contribution in [-0.4, -0.2) is 11.9 Å². The minimum Gasteiger partial charge on any atom is -0.300 e. The molecule has 0 amide bonds. The summed E-state index contributed by atoms with van der Waals surface area (Å²) in [6, 6.07) is 0. The standard InChI is InChI=1S/C5H8F3N/c1-3(2)4(9)5(6,7)8/h3,9H,1-2H3. The topological polar surface area (TPSA) is 23.9 Å². The van der Waals surface area contributed by atoms with Crippen molar-refractivity contribution in [3.05, 3.63) is 0 Å². The fourth-order valence-corrected chi connectivity index (χ4v) is 0.327. The van der Waals surface area contributed by atoms with E-state index in [2.05, 4.69) is 0 Å². The minimum absolute atomic E-state index is 0.731. The Labute approximate surface area is 51.4 Å². The Morgan fingerprint density at radius 2 is 1.67 bits per heavy atom. The highest BCUT2D eigenvalue weighted by atomic mass is 19.4. The van der Waals surface area contributed by atoms with E-state index < -0.39 is 17.8 Å². The minimum atomic E-state index is -4.44. The molecule has 0 bridgehead atoms. The lowest BCUT2D eigenvalue weighted by Crippen LogP contribution is -2.26. The molecular formula is C5H8F3N. The fourth-order valence-electron chi connectivity index (χ4n) is 0.327. The van der Waals surface area contributed by atoms with Gasteiger partial charge >= 0.3 is 6.18 Å². The third-order valence-electron chi connectivity index (χ3n) is 0.883. The second-order valence-corrected chi connectivity index (χ2v) is 2.07. The zero-order chi connectivity index (χ0) is 7.65. The van der Waals surface area contributed by atoms with Crippen LogP contribution in [0.3, 0.4) is 0 Å². The van der Waals surface area contributed by atoms with Crippen LogP contribution in [-0.2, 0) is 0 Å². The third kappa shape index (κ3) is 2.49. The van der Waals surface area contributed by atoms with Crippen molar-refractivity contribution >= 4 is 5.71 Å². The Kier molecular flexibility index (Phi) is 2.23. The molecule has 0 aromatic rings. The van der Waals surface area contributed by atoms with Gasteiger partial charge in [-0.1, -0.05) is 13.8 Å². The van der Waals surface area contributed by atoms with Crippen molar-refractivity contribution in [3.8, 4) is 0 Å². The van der Waals surface area contributed by atoms with Crippen LogP contribution in [0.5, 0.6) is 0 Å². The molecule has 9 heavy (non-hydrogen) atoms. The lowest BCUT2D eigenvalue weighted by atomic mass is 10.1. The van der Waals surface area contributed by atoms with Crippen LogP contribution in [0.1, 0.15) is 13.8 Å². The van der Waals surface area contributed by atoms with Crippen LogP contribution in [0.4, 0.5) is 13.2 Å². The van der Waals surface area contributed by atoms with Gasteiger partial charge < -0.3 is 5.41 Å². The molecule has 0 aliphatic heterocycles. The molecule has 0 saturated heterocycles. The maximum atomic E-state index is 11.5. The van der Waals surface area contributed by atoms with E-state index in [1.165, 1.54) is 13.8 Å². The molecule has 0 fully saturated rings. The first kappa shape index (κ1) is 8.46. The molecule has 0 saturated carbocycles. The second kappa shape index (κ2) is 2.37. The molecule has 0 aliphatic carbocycles. The van der Waals surface area contributed by atoms with E-state index in [1.807, 2.05) is 0 Å². The first-order chi connectivity index (χ1) is 3.85. The molecule has 1 N–H and O–H groups in total. The quantitative estimate of drug-likeness (QED) is 0.538. The van der Waals surface area contributed by atoms with Gasteiger partial charge in [0.05, 0.1) is 0 Å². The normalized spacial score (nSPS) is 12.2. The Bertz CT molecular complexity index is 114. The Hall–Kier alpha value is -0.540. The summed E-state index contributed by atoms with van der Waals surface area (Å²) in [7, 11) is 0. The van der Waals surface area contributed by atoms with Crippen LogP contribution in [0.2, 0.25) is 0 Å². The van der Waals surface area contributed by atoms with Crippen molar-refractivity contribution < 1.29 is 13.2 Å². The van der Waals surface area contributed by atoms with Gasteiger partial charge in [0.15, 0.2) is 0 Å². The number of halogens is 3. The zero-order valence-electron chi connectivity index (χ0n) is 5.21. The predicted molar refractivity (Wildman–Crippen MR) is 28.6 cm³/mol. The number of nitrogens with one attached hydrogen (secondary N) is 1. The van der Waals surface area contributed by atoms with E-state index in [-0.39, 0.29) is 0 Å². The smallest absolute Gasteiger partial charge is 0.300 e. The lowest BCUT2D eigenvalue weighted by Gasteiger charge is -2.09. The summed E-state index contributed by atoms with van der Waals surface area (Å²) >= 11 is 0. The SMILES string of the molecule is CC(C)C(=N)C(F)(F)F. The van der Waals surface area contributed by atoms with Crippen molar-refractivity contribution in [2.75, 3.05) is 0 Å². The second-order valence-electron chi connectivity index (χ2n) is 2.07. The monoisotopic (exact) mass is 139 g/mol. The van der Waals surface area contributed by atoms with Gasteiger partial charge in [-0.15, -0.1) is 0 Å². The van der Waals surface area contributed by atoms with Crippen molar-refractivity contribution in [2.45, 2.75) is 20.0 Å². The van der Waals surface area contributed by atoms with Crippen molar-refractivity contribution in [3.63, 3.8) is 0 Å². The van der Waals surface area contributed by atoms with Gasteiger partial charge in [-0.3, -0.25) is 0 Å². The average molecular weight is 139 g/mol. The first-order valence-corrected chi connectivity index (χ1v) is 2.51. The summed E-state index contributed by atoms with van der Waals surface area (Å²) in [6.45, 7) is 2.69. The molecule has 0 spiro atoms. The molecule has 0 heterocycles. The van der Waals surface area contributed by atoms with E-state index in [4.69, 9.17) is 5.41 Å². The molecule has 1 nitrogen and oxygen atoms in total. The molecule has 0 radical (unpaired) electrons. The number of hydrogen-bond donors (Lipinski definition) is 1. The highest BCUT2D eigenvalue weighted by molar-refractivity contribution is 5.88. The van der Waals surface area contributed by atoms with E-state index in [9.17, 15) is 13.2 Å². The molecular weight excluding hydrogens is 131 g/mol. The van der Waals surface area contributed by atoms with Crippen LogP contribution in [0.15, 0.2) is 0 Å².